The number of ether oxygens (including phenoxy) is 1. The van der Waals surface area contributed by atoms with Crippen molar-refractivity contribution in [1.82, 2.24) is 19.8 Å². The number of imide groups is 1. The zero-order chi connectivity index (χ0) is 33.6. The minimum atomic E-state index is -0.974. The molecule has 4 heterocycles. The molecule has 15 heteroatoms. The van der Waals surface area contributed by atoms with E-state index in [4.69, 9.17) is 22.1 Å². The van der Waals surface area contributed by atoms with Crippen molar-refractivity contribution in [3.05, 3.63) is 40.4 Å². The van der Waals surface area contributed by atoms with Crippen molar-refractivity contribution in [2.45, 2.75) is 43.8 Å². The van der Waals surface area contributed by atoms with E-state index in [1.165, 1.54) is 19.2 Å². The van der Waals surface area contributed by atoms with Crippen LogP contribution in [0.1, 0.15) is 37.7 Å². The van der Waals surface area contributed by atoms with Crippen LogP contribution in [0.4, 0.5) is 24.0 Å². The van der Waals surface area contributed by atoms with Gasteiger partial charge in [0.05, 0.1) is 20.8 Å². The number of anilines is 2. The number of nitrogen functional groups attached to an aromatic ring is 1. The number of rotatable bonds is 10. The van der Waals surface area contributed by atoms with Crippen LogP contribution in [-0.4, -0.2) is 84.1 Å². The number of amides is 2. The lowest BCUT2D eigenvalue weighted by Gasteiger charge is -2.31. The highest BCUT2D eigenvalue weighted by atomic mass is 35.5. The molecule has 2 aromatic heterocycles. The fourth-order valence-corrected chi connectivity index (χ4v) is 7.97. The molecule has 2 fully saturated rings. The minimum absolute atomic E-state index is 0.0140. The molecule has 0 saturated carbocycles. The first-order valence-electron chi connectivity index (χ1n) is 15.0. The van der Waals surface area contributed by atoms with E-state index in [1.807, 2.05) is 6.07 Å². The number of hydrogen-bond donors (Lipinski definition) is 1. The molecule has 0 radical (unpaired) electrons. The van der Waals surface area contributed by atoms with Gasteiger partial charge in [-0.05, 0) is 43.5 Å². The van der Waals surface area contributed by atoms with Crippen LogP contribution in [0.3, 0.4) is 0 Å². The number of benzene rings is 2. The molecule has 246 valence electrons. The van der Waals surface area contributed by atoms with Gasteiger partial charge >= 0.3 is 6.01 Å². The van der Waals surface area contributed by atoms with Gasteiger partial charge in [0.1, 0.15) is 41.0 Å². The Bertz CT molecular complexity index is 1950. The largest absolute Gasteiger partial charge is 0.461 e. The van der Waals surface area contributed by atoms with Gasteiger partial charge in [-0.3, -0.25) is 19.4 Å². The number of nitriles is 1. The van der Waals surface area contributed by atoms with Gasteiger partial charge in [0, 0.05) is 56.4 Å². The van der Waals surface area contributed by atoms with Crippen LogP contribution in [0, 0.1) is 23.0 Å². The summed E-state index contributed by atoms with van der Waals surface area (Å²) in [5, 5.41) is 10.3. The third-order valence-electron chi connectivity index (χ3n) is 9.07. The maximum atomic E-state index is 16.8. The number of alkyl halides is 1. The van der Waals surface area contributed by atoms with E-state index in [2.05, 4.69) is 14.9 Å². The monoisotopic (exact) mass is 685 g/mol. The molecular formula is C32H31ClF3N7O3S. The predicted octanol–water partition coefficient (Wildman–Crippen LogP) is 5.68. The van der Waals surface area contributed by atoms with Crippen LogP contribution in [0.5, 0.6) is 6.01 Å². The lowest BCUT2D eigenvalue weighted by molar-refractivity contribution is -0.136. The molecule has 2 aromatic carbocycles. The molecule has 0 spiro atoms. The Hall–Kier alpha value is -4.19. The first-order valence-corrected chi connectivity index (χ1v) is 16.2. The van der Waals surface area contributed by atoms with Crippen LogP contribution in [0.25, 0.3) is 32.1 Å². The maximum Gasteiger partial charge on any atom is 0.319 e. The number of halogens is 4. The summed E-state index contributed by atoms with van der Waals surface area (Å²) in [4.78, 5) is 37.0. The summed E-state index contributed by atoms with van der Waals surface area (Å²) in [6.45, 7) is 1.49. The summed E-state index contributed by atoms with van der Waals surface area (Å²) in [6, 6.07) is 5.87. The minimum Gasteiger partial charge on any atom is -0.461 e. The summed E-state index contributed by atoms with van der Waals surface area (Å²) >= 11 is 7.63. The van der Waals surface area contributed by atoms with Gasteiger partial charge in [0.15, 0.2) is 5.82 Å². The molecule has 10 nitrogen and oxygen atoms in total. The number of thiophene rings is 1. The smallest absolute Gasteiger partial charge is 0.319 e. The Morgan fingerprint density at radius 3 is 2.87 bits per heavy atom. The topological polar surface area (TPSA) is 129 Å². The van der Waals surface area contributed by atoms with E-state index in [0.29, 0.717) is 32.3 Å². The van der Waals surface area contributed by atoms with E-state index < -0.39 is 23.3 Å². The van der Waals surface area contributed by atoms with Gasteiger partial charge in [-0.15, -0.1) is 11.3 Å². The molecule has 0 aliphatic carbocycles. The second-order valence-corrected chi connectivity index (χ2v) is 13.5. The van der Waals surface area contributed by atoms with Crippen molar-refractivity contribution in [2.75, 3.05) is 51.0 Å². The predicted molar refractivity (Wildman–Crippen MR) is 174 cm³/mol. The number of nitrogens with two attached hydrogens (primary N) is 1. The average Bonchev–Trinajstić information content (AvgIpc) is 3.69. The quantitative estimate of drug-likeness (QED) is 0.210. The number of hydrogen-bond acceptors (Lipinski definition) is 10. The molecule has 0 unspecified atom stereocenters. The van der Waals surface area contributed by atoms with Crippen LogP contribution in [-0.2, 0) is 9.59 Å². The first-order chi connectivity index (χ1) is 22.5. The first kappa shape index (κ1) is 32.7. The fourth-order valence-electron chi connectivity index (χ4n) is 6.73. The van der Waals surface area contributed by atoms with Crippen molar-refractivity contribution in [3.8, 4) is 23.2 Å². The summed E-state index contributed by atoms with van der Waals surface area (Å²) in [5.41, 5.74) is 5.46. The second-order valence-electron chi connectivity index (χ2n) is 12.0. The Labute approximate surface area is 277 Å². The Kier molecular flexibility index (Phi) is 8.90. The lowest BCUT2D eigenvalue weighted by Crippen LogP contribution is -2.43. The number of aromatic nitrogens is 2. The third-order valence-corrected chi connectivity index (χ3v) is 10.4. The van der Waals surface area contributed by atoms with E-state index >= 15 is 4.39 Å². The average molecular weight is 686 g/mol. The van der Waals surface area contributed by atoms with Crippen molar-refractivity contribution < 1.29 is 27.5 Å². The van der Waals surface area contributed by atoms with Crippen LogP contribution >= 0.6 is 22.9 Å². The zero-order valence-electron chi connectivity index (χ0n) is 25.7. The lowest BCUT2D eigenvalue weighted by atomic mass is 9.95. The van der Waals surface area contributed by atoms with Crippen molar-refractivity contribution in [1.29, 1.82) is 5.26 Å². The van der Waals surface area contributed by atoms with Crippen molar-refractivity contribution in [3.63, 3.8) is 0 Å². The Balaban J connectivity index is 1.45. The van der Waals surface area contributed by atoms with Crippen LogP contribution in [0.2, 0.25) is 5.02 Å². The van der Waals surface area contributed by atoms with E-state index in [1.54, 1.807) is 11.9 Å². The SMILES string of the molecule is CN(C=O)C(=O)CCCN(C)c1nc(OC[C@@]23CCCN2C[C@H](F)C3)nc2c(F)c(-c3ccc(F)c4sc(N)c(C#N)c34)c(Cl)cc12. The van der Waals surface area contributed by atoms with Gasteiger partial charge in [-0.1, -0.05) is 17.7 Å². The van der Waals surface area contributed by atoms with Gasteiger partial charge < -0.3 is 15.4 Å². The van der Waals surface area contributed by atoms with Gasteiger partial charge in [-0.2, -0.15) is 15.2 Å². The molecule has 2 atom stereocenters. The number of nitrogens with zero attached hydrogens (tertiary/aromatic N) is 6. The van der Waals surface area contributed by atoms with Crippen molar-refractivity contribution >= 4 is 67.1 Å². The number of fused-ring (bicyclic) bond motifs is 3. The van der Waals surface area contributed by atoms with E-state index in [9.17, 15) is 23.6 Å². The van der Waals surface area contributed by atoms with Gasteiger partial charge in [0.25, 0.3) is 0 Å². The molecule has 2 N–H and O–H groups in total. The van der Waals surface area contributed by atoms with E-state index in [-0.39, 0.29) is 78.5 Å². The van der Waals surface area contributed by atoms with Crippen LogP contribution < -0.4 is 15.4 Å². The number of carbonyl (C=O) groups excluding carboxylic acids is 2. The van der Waals surface area contributed by atoms with Gasteiger partial charge in [0.2, 0.25) is 12.3 Å². The second kappa shape index (κ2) is 12.8. The van der Waals surface area contributed by atoms with Crippen LogP contribution in [0.15, 0.2) is 18.2 Å². The summed E-state index contributed by atoms with van der Waals surface area (Å²) in [7, 11) is 3.08. The molecular weight excluding hydrogens is 655 g/mol. The highest BCUT2D eigenvalue weighted by Gasteiger charge is 2.49. The molecule has 4 aromatic rings. The summed E-state index contributed by atoms with van der Waals surface area (Å²) in [6.07, 6.45) is 1.87. The highest BCUT2D eigenvalue weighted by Crippen LogP contribution is 2.46. The Morgan fingerprint density at radius 2 is 2.13 bits per heavy atom. The summed E-state index contributed by atoms with van der Waals surface area (Å²) < 4.78 is 52.3. The standard InChI is InChI=1S/C32H31ClF3N7O3S/c1-41(9-3-5-23(45)42(2)16-44)30-19-11-21(33)25(18-6-7-22(35)28-24(18)20(13-37)29(38)47-28)26(36)27(19)39-31(40-30)46-15-32-8-4-10-43(32)14-17(34)12-32/h6-7,11,16-17H,3-5,8-10,12,14-15,38H2,1-2H3/t17-,32+/m1/s1. The molecule has 2 aliphatic heterocycles. The molecule has 0 bridgehead atoms. The highest BCUT2D eigenvalue weighted by molar-refractivity contribution is 7.23. The Morgan fingerprint density at radius 1 is 1.34 bits per heavy atom. The molecule has 2 saturated heterocycles. The van der Waals surface area contributed by atoms with E-state index in [0.717, 1.165) is 41.7 Å². The fraction of sp³-hybridized carbons (Fsp3) is 0.406. The maximum absolute atomic E-state index is 16.8. The molecule has 6 rings (SSSR count). The van der Waals surface area contributed by atoms with Gasteiger partial charge in [-0.25, -0.2) is 13.2 Å². The summed E-state index contributed by atoms with van der Waals surface area (Å²) in [5.74, 6) is -1.54. The molecule has 2 aliphatic rings. The number of carbonyl (C=O) groups is 2. The third kappa shape index (κ3) is 5.81. The normalized spacial score (nSPS) is 19.2. The zero-order valence-corrected chi connectivity index (χ0v) is 27.2. The van der Waals surface area contributed by atoms with Crippen molar-refractivity contribution in [2.24, 2.45) is 0 Å². The molecule has 2 amide bonds. The molecule has 47 heavy (non-hydrogen) atoms.